The number of nitrogens with zero attached hydrogens (tertiary/aromatic N) is 1. The van der Waals surface area contributed by atoms with Crippen molar-refractivity contribution >= 4 is 17.4 Å². The molecule has 0 atom stereocenters. The third kappa shape index (κ3) is 5.44. The van der Waals surface area contributed by atoms with E-state index in [1.807, 2.05) is 24.3 Å². The zero-order chi connectivity index (χ0) is 20.6. The average Bonchev–Trinajstić information content (AvgIpc) is 2.75. The zero-order valence-electron chi connectivity index (χ0n) is 16.2. The Labute approximate surface area is 168 Å². The molecule has 0 aliphatic carbocycles. The van der Waals surface area contributed by atoms with E-state index in [2.05, 4.69) is 15.6 Å². The molecule has 0 bridgehead atoms. The van der Waals surface area contributed by atoms with Gasteiger partial charge < -0.3 is 20.1 Å². The van der Waals surface area contributed by atoms with E-state index >= 15 is 0 Å². The maximum atomic E-state index is 12.9. The highest BCUT2D eigenvalue weighted by atomic mass is 19.1. The van der Waals surface area contributed by atoms with Gasteiger partial charge in [0.05, 0.1) is 26.1 Å². The quantitative estimate of drug-likeness (QED) is 0.600. The molecule has 0 radical (unpaired) electrons. The molecule has 0 saturated heterocycles. The van der Waals surface area contributed by atoms with Gasteiger partial charge in [-0.3, -0.25) is 4.79 Å². The summed E-state index contributed by atoms with van der Waals surface area (Å²) in [6, 6.07) is 14.7. The molecule has 3 rings (SSSR count). The predicted octanol–water partition coefficient (Wildman–Crippen LogP) is 4.14. The molecule has 3 aromatic rings. The molecular formula is C22H22FN3O3. The Morgan fingerprint density at radius 1 is 1.00 bits per heavy atom. The van der Waals surface area contributed by atoms with Crippen LogP contribution >= 0.6 is 0 Å². The van der Waals surface area contributed by atoms with Crippen molar-refractivity contribution in [2.24, 2.45) is 0 Å². The number of benzene rings is 2. The van der Waals surface area contributed by atoms with Gasteiger partial charge in [-0.25, -0.2) is 9.37 Å². The Morgan fingerprint density at radius 2 is 1.76 bits per heavy atom. The minimum absolute atomic E-state index is 0.341. The number of aromatic nitrogens is 1. The number of methoxy groups -OCH3 is 2. The standard InChI is InChI=1S/C22H22FN3O3/c1-28-19-9-3-15(13-20(19)29-2)11-12-24-18-8-10-21(25-14-18)26-22(27)16-4-6-17(23)7-5-16/h3-10,13-14,24H,11-12H2,1-2H3,(H,25,26,27). The van der Waals surface area contributed by atoms with E-state index in [1.54, 1.807) is 26.5 Å². The maximum Gasteiger partial charge on any atom is 0.256 e. The molecule has 0 spiro atoms. The maximum absolute atomic E-state index is 12.9. The number of amides is 1. The first-order chi connectivity index (χ1) is 14.1. The minimum Gasteiger partial charge on any atom is -0.493 e. The Bertz CT molecular complexity index is 960. The van der Waals surface area contributed by atoms with Crippen LogP contribution in [0.25, 0.3) is 0 Å². The number of pyridine rings is 1. The van der Waals surface area contributed by atoms with E-state index in [-0.39, 0.29) is 11.7 Å². The summed E-state index contributed by atoms with van der Waals surface area (Å²) in [5.74, 6) is 1.10. The third-order valence-corrected chi connectivity index (χ3v) is 4.30. The third-order valence-electron chi connectivity index (χ3n) is 4.30. The lowest BCUT2D eigenvalue weighted by molar-refractivity contribution is 0.102. The molecule has 150 valence electrons. The van der Waals surface area contributed by atoms with E-state index in [9.17, 15) is 9.18 Å². The first kappa shape index (κ1) is 20.1. The van der Waals surface area contributed by atoms with Gasteiger partial charge in [-0.15, -0.1) is 0 Å². The van der Waals surface area contributed by atoms with Crippen LogP contribution in [0.4, 0.5) is 15.9 Å². The van der Waals surface area contributed by atoms with Crippen LogP contribution in [-0.4, -0.2) is 31.7 Å². The number of rotatable bonds is 8. The van der Waals surface area contributed by atoms with Crippen molar-refractivity contribution < 1.29 is 18.7 Å². The highest BCUT2D eigenvalue weighted by Gasteiger charge is 2.07. The summed E-state index contributed by atoms with van der Waals surface area (Å²) in [5.41, 5.74) is 2.32. The molecule has 2 aromatic carbocycles. The van der Waals surface area contributed by atoms with Gasteiger partial charge in [-0.1, -0.05) is 6.07 Å². The minimum atomic E-state index is -0.386. The van der Waals surface area contributed by atoms with Crippen LogP contribution in [0, 0.1) is 5.82 Å². The number of anilines is 2. The molecule has 0 unspecified atom stereocenters. The molecule has 29 heavy (non-hydrogen) atoms. The van der Waals surface area contributed by atoms with Gasteiger partial charge in [0.2, 0.25) is 0 Å². The van der Waals surface area contributed by atoms with E-state index in [4.69, 9.17) is 9.47 Å². The second-order valence-electron chi connectivity index (χ2n) is 6.26. The molecule has 0 aliphatic heterocycles. The van der Waals surface area contributed by atoms with Crippen molar-refractivity contribution in [2.75, 3.05) is 31.4 Å². The van der Waals surface area contributed by atoms with E-state index in [0.29, 0.717) is 29.4 Å². The summed E-state index contributed by atoms with van der Waals surface area (Å²) in [4.78, 5) is 16.4. The lowest BCUT2D eigenvalue weighted by atomic mass is 10.1. The number of hydrogen-bond donors (Lipinski definition) is 2. The fourth-order valence-corrected chi connectivity index (χ4v) is 2.75. The summed E-state index contributed by atoms with van der Waals surface area (Å²) in [5, 5.41) is 5.97. The second kappa shape index (κ2) is 9.54. The molecule has 6 nitrogen and oxygen atoms in total. The monoisotopic (exact) mass is 395 g/mol. The SMILES string of the molecule is COc1ccc(CCNc2ccc(NC(=O)c3ccc(F)cc3)nc2)cc1OC. The Morgan fingerprint density at radius 3 is 2.41 bits per heavy atom. The summed E-state index contributed by atoms with van der Waals surface area (Å²) in [6.07, 6.45) is 2.44. The van der Waals surface area contributed by atoms with Crippen molar-refractivity contribution in [1.29, 1.82) is 0 Å². The van der Waals surface area contributed by atoms with E-state index in [1.165, 1.54) is 24.3 Å². The summed E-state index contributed by atoms with van der Waals surface area (Å²) >= 11 is 0. The number of hydrogen-bond acceptors (Lipinski definition) is 5. The summed E-state index contributed by atoms with van der Waals surface area (Å²) in [6.45, 7) is 0.707. The number of nitrogens with one attached hydrogen (secondary N) is 2. The fraction of sp³-hybridized carbons (Fsp3) is 0.182. The number of carbonyl (C=O) groups is 1. The lowest BCUT2D eigenvalue weighted by Crippen LogP contribution is -2.13. The zero-order valence-corrected chi connectivity index (χ0v) is 16.2. The fourth-order valence-electron chi connectivity index (χ4n) is 2.75. The molecule has 7 heteroatoms. The summed E-state index contributed by atoms with van der Waals surface area (Å²) in [7, 11) is 3.22. The Hall–Kier alpha value is -3.61. The highest BCUT2D eigenvalue weighted by Crippen LogP contribution is 2.27. The van der Waals surface area contributed by atoms with Crippen LogP contribution in [0.2, 0.25) is 0 Å². The van der Waals surface area contributed by atoms with Gasteiger partial charge in [-0.05, 0) is 60.5 Å². The van der Waals surface area contributed by atoms with Crippen molar-refractivity contribution in [3.63, 3.8) is 0 Å². The van der Waals surface area contributed by atoms with Gasteiger partial charge in [0.15, 0.2) is 11.5 Å². The largest absolute Gasteiger partial charge is 0.493 e. The van der Waals surface area contributed by atoms with Crippen LogP contribution in [-0.2, 0) is 6.42 Å². The van der Waals surface area contributed by atoms with Crippen molar-refractivity contribution in [3.8, 4) is 11.5 Å². The van der Waals surface area contributed by atoms with Gasteiger partial charge in [0.25, 0.3) is 5.91 Å². The molecular weight excluding hydrogens is 373 g/mol. The number of ether oxygens (including phenoxy) is 2. The van der Waals surface area contributed by atoms with Gasteiger partial charge in [0.1, 0.15) is 11.6 Å². The molecule has 1 aromatic heterocycles. The molecule has 0 saturated carbocycles. The number of halogens is 1. The van der Waals surface area contributed by atoms with Gasteiger partial charge in [-0.2, -0.15) is 0 Å². The van der Waals surface area contributed by atoms with Gasteiger partial charge in [0, 0.05) is 12.1 Å². The first-order valence-electron chi connectivity index (χ1n) is 9.07. The Balaban J connectivity index is 1.51. The topological polar surface area (TPSA) is 72.5 Å². The van der Waals surface area contributed by atoms with E-state index in [0.717, 1.165) is 17.7 Å². The molecule has 0 fully saturated rings. The van der Waals surface area contributed by atoms with Crippen molar-refractivity contribution in [1.82, 2.24) is 4.98 Å². The van der Waals surface area contributed by atoms with Crippen LogP contribution in [0.15, 0.2) is 60.8 Å². The second-order valence-corrected chi connectivity index (χ2v) is 6.26. The molecule has 1 heterocycles. The van der Waals surface area contributed by atoms with Crippen LogP contribution in [0.3, 0.4) is 0 Å². The van der Waals surface area contributed by atoms with Crippen LogP contribution in [0.5, 0.6) is 11.5 Å². The Kier molecular flexibility index (Phi) is 6.63. The van der Waals surface area contributed by atoms with E-state index < -0.39 is 0 Å². The first-order valence-corrected chi connectivity index (χ1v) is 9.07. The highest BCUT2D eigenvalue weighted by molar-refractivity contribution is 6.03. The average molecular weight is 395 g/mol. The smallest absolute Gasteiger partial charge is 0.256 e. The molecule has 2 N–H and O–H groups in total. The summed E-state index contributed by atoms with van der Waals surface area (Å²) < 4.78 is 23.5. The number of carbonyl (C=O) groups excluding carboxylic acids is 1. The molecule has 1 amide bonds. The predicted molar refractivity (Wildman–Crippen MR) is 110 cm³/mol. The normalized spacial score (nSPS) is 10.3. The van der Waals surface area contributed by atoms with Gasteiger partial charge >= 0.3 is 0 Å². The van der Waals surface area contributed by atoms with Crippen LogP contribution in [0.1, 0.15) is 15.9 Å². The van der Waals surface area contributed by atoms with Crippen molar-refractivity contribution in [2.45, 2.75) is 6.42 Å². The molecule has 0 aliphatic rings. The lowest BCUT2D eigenvalue weighted by Gasteiger charge is -2.11. The van der Waals surface area contributed by atoms with Crippen LogP contribution < -0.4 is 20.1 Å². The van der Waals surface area contributed by atoms with Crippen molar-refractivity contribution in [3.05, 3.63) is 77.7 Å².